The van der Waals surface area contributed by atoms with Crippen LogP contribution in [0.1, 0.15) is 38.5 Å². The van der Waals surface area contributed by atoms with Crippen LogP contribution in [0.2, 0.25) is 0 Å². The van der Waals surface area contributed by atoms with Crippen LogP contribution in [0, 0.1) is 0 Å². The highest BCUT2D eigenvalue weighted by Crippen LogP contribution is 2.06. The van der Waals surface area contributed by atoms with E-state index in [1.165, 1.54) is 38.1 Å². The zero-order chi connectivity index (χ0) is 9.90. The molecule has 0 aromatic carbocycles. The second-order valence-corrected chi connectivity index (χ2v) is 3.31. The Bertz CT molecular complexity index is 161. The second kappa shape index (κ2) is 8.69. The Morgan fingerprint density at radius 1 is 0.929 bits per heavy atom. The lowest BCUT2D eigenvalue weighted by Crippen LogP contribution is -1.92. The topological polar surface area (TPSA) is 43.2 Å². The van der Waals surface area contributed by atoms with Crippen LogP contribution in [0.4, 0.5) is 0 Å². The third-order valence-electron chi connectivity index (χ3n) is 2.07. The third kappa shape index (κ3) is 6.60. The first-order valence-electron chi connectivity index (χ1n) is 5.30. The number of rotatable bonds is 0. The van der Waals surface area contributed by atoms with Gasteiger partial charge < -0.3 is 4.89 Å². The largest absolute Gasteiger partial charge is 0.344 e. The summed E-state index contributed by atoms with van der Waals surface area (Å²) in [5.74, 6) is 0. The Labute approximate surface area is 84.9 Å². The van der Waals surface area contributed by atoms with Crippen molar-refractivity contribution in [1.29, 1.82) is 0 Å². The van der Waals surface area contributed by atoms with Crippen molar-refractivity contribution in [3.8, 4) is 0 Å². The predicted octanol–water partition coefficient (Wildman–Crippen LogP) is 3.21. The predicted molar refractivity (Wildman–Crippen MR) is 53.6 cm³/mol. The lowest BCUT2D eigenvalue weighted by molar-refractivity contribution is -0.249. The molecule has 0 bridgehead atoms. The summed E-state index contributed by atoms with van der Waals surface area (Å²) < 4.78 is 0. The SMILES string of the molecule is C1=C\OOCCCCCCCCN=N/1. The average Bonchev–Trinajstić information content (AvgIpc) is 2.22. The van der Waals surface area contributed by atoms with Crippen LogP contribution in [-0.2, 0) is 9.78 Å². The minimum Gasteiger partial charge on any atom is -0.344 e. The minimum atomic E-state index is 0.654. The van der Waals surface area contributed by atoms with Crippen molar-refractivity contribution in [3.05, 3.63) is 12.5 Å². The Hall–Kier alpha value is -0.900. The van der Waals surface area contributed by atoms with E-state index in [9.17, 15) is 0 Å². The fraction of sp³-hybridized carbons (Fsp3) is 0.800. The van der Waals surface area contributed by atoms with Crippen molar-refractivity contribution < 1.29 is 9.78 Å². The smallest absolute Gasteiger partial charge is 0.149 e. The molecule has 0 fully saturated rings. The minimum absolute atomic E-state index is 0.654. The van der Waals surface area contributed by atoms with Crippen molar-refractivity contribution in [2.45, 2.75) is 38.5 Å². The summed E-state index contributed by atoms with van der Waals surface area (Å²) in [5, 5.41) is 7.76. The summed E-state index contributed by atoms with van der Waals surface area (Å²) in [6.45, 7) is 1.46. The highest BCUT2D eigenvalue weighted by Gasteiger charge is 1.92. The van der Waals surface area contributed by atoms with E-state index in [1.54, 1.807) is 0 Å². The van der Waals surface area contributed by atoms with Gasteiger partial charge in [0.25, 0.3) is 0 Å². The van der Waals surface area contributed by atoms with Crippen molar-refractivity contribution in [3.63, 3.8) is 0 Å². The van der Waals surface area contributed by atoms with Crippen LogP contribution in [0.3, 0.4) is 0 Å². The number of azo groups is 1. The van der Waals surface area contributed by atoms with E-state index in [0.29, 0.717) is 6.61 Å². The molecule has 0 atom stereocenters. The molecule has 4 heteroatoms. The van der Waals surface area contributed by atoms with Gasteiger partial charge in [-0.2, -0.15) is 15.1 Å². The summed E-state index contributed by atoms with van der Waals surface area (Å²) in [6.07, 6.45) is 10.1. The molecule has 0 N–H and O–H groups in total. The van der Waals surface area contributed by atoms with Gasteiger partial charge in [0.2, 0.25) is 0 Å². The first kappa shape index (κ1) is 11.2. The third-order valence-corrected chi connectivity index (χ3v) is 2.07. The molecule has 14 heavy (non-hydrogen) atoms. The summed E-state index contributed by atoms with van der Waals surface area (Å²) in [6, 6.07) is 0. The zero-order valence-electron chi connectivity index (χ0n) is 8.52. The van der Waals surface area contributed by atoms with Crippen LogP contribution in [0.25, 0.3) is 0 Å². The molecule has 1 rings (SSSR count). The van der Waals surface area contributed by atoms with Crippen molar-refractivity contribution in [2.24, 2.45) is 10.2 Å². The molecule has 1 heterocycles. The molecule has 0 aromatic heterocycles. The van der Waals surface area contributed by atoms with Gasteiger partial charge in [0.15, 0.2) is 0 Å². The summed E-state index contributed by atoms with van der Waals surface area (Å²) >= 11 is 0. The van der Waals surface area contributed by atoms with E-state index in [4.69, 9.17) is 9.78 Å². The average molecular weight is 198 g/mol. The first-order chi connectivity index (χ1) is 7.00. The quantitative estimate of drug-likeness (QED) is 0.561. The first-order valence-corrected chi connectivity index (χ1v) is 5.30. The molecule has 0 spiro atoms. The maximum absolute atomic E-state index is 4.89. The van der Waals surface area contributed by atoms with E-state index in [1.807, 2.05) is 0 Å². The van der Waals surface area contributed by atoms with Crippen molar-refractivity contribution >= 4 is 0 Å². The lowest BCUT2D eigenvalue weighted by atomic mass is 10.1. The van der Waals surface area contributed by atoms with Gasteiger partial charge in [0.05, 0.1) is 19.4 Å². The molecular weight excluding hydrogens is 180 g/mol. The standard InChI is InChI=1S/C10H18N2O2/c1-2-4-6-9-13-14-10-8-12-11-7-5-3-1/h8,10H,1-7,9H2/b10-8-,12-11?. The maximum atomic E-state index is 4.89. The van der Waals surface area contributed by atoms with Crippen LogP contribution in [-0.4, -0.2) is 13.2 Å². The normalized spacial score (nSPS) is 23.4. The monoisotopic (exact) mass is 198 g/mol. The molecule has 0 amide bonds. The molecule has 0 aliphatic carbocycles. The van der Waals surface area contributed by atoms with Gasteiger partial charge >= 0.3 is 0 Å². The molecule has 0 aromatic rings. The highest BCUT2D eigenvalue weighted by molar-refractivity contribution is 4.66. The molecule has 1 aliphatic heterocycles. The fourth-order valence-corrected chi connectivity index (χ4v) is 1.29. The molecule has 0 radical (unpaired) electrons. The molecule has 0 saturated heterocycles. The van der Waals surface area contributed by atoms with Crippen LogP contribution < -0.4 is 0 Å². The highest BCUT2D eigenvalue weighted by atomic mass is 17.2. The van der Waals surface area contributed by atoms with Gasteiger partial charge in [0, 0.05) is 0 Å². The summed E-state index contributed by atoms with van der Waals surface area (Å²) in [7, 11) is 0. The summed E-state index contributed by atoms with van der Waals surface area (Å²) in [4.78, 5) is 9.63. The van der Waals surface area contributed by atoms with Crippen LogP contribution >= 0.6 is 0 Å². The summed E-state index contributed by atoms with van der Waals surface area (Å²) in [5.41, 5.74) is 0. The van der Waals surface area contributed by atoms with Gasteiger partial charge in [0.1, 0.15) is 6.26 Å². The van der Waals surface area contributed by atoms with Gasteiger partial charge in [-0.3, -0.25) is 0 Å². The van der Waals surface area contributed by atoms with Crippen LogP contribution in [0.15, 0.2) is 22.7 Å². The number of nitrogens with zero attached hydrogens (tertiary/aromatic N) is 2. The van der Waals surface area contributed by atoms with Crippen LogP contribution in [0.5, 0.6) is 0 Å². The van der Waals surface area contributed by atoms with Crippen molar-refractivity contribution in [1.82, 2.24) is 0 Å². The van der Waals surface area contributed by atoms with Crippen molar-refractivity contribution in [2.75, 3.05) is 13.2 Å². The van der Waals surface area contributed by atoms with Gasteiger partial charge in [-0.05, 0) is 12.8 Å². The lowest BCUT2D eigenvalue weighted by Gasteiger charge is -2.02. The number of hydrogen-bond donors (Lipinski definition) is 0. The maximum Gasteiger partial charge on any atom is 0.149 e. The molecule has 4 nitrogen and oxygen atoms in total. The van der Waals surface area contributed by atoms with Gasteiger partial charge in [-0.1, -0.05) is 25.7 Å². The zero-order valence-corrected chi connectivity index (χ0v) is 8.52. The Morgan fingerprint density at radius 3 is 2.64 bits per heavy atom. The van der Waals surface area contributed by atoms with E-state index >= 15 is 0 Å². The molecular formula is C10H18N2O2. The van der Waals surface area contributed by atoms with Gasteiger partial charge in [-0.15, -0.1) is 0 Å². The molecule has 0 saturated carbocycles. The Kier molecular flexibility index (Phi) is 6.94. The Morgan fingerprint density at radius 2 is 1.71 bits per heavy atom. The van der Waals surface area contributed by atoms with E-state index < -0.39 is 0 Å². The molecule has 80 valence electrons. The number of hydrogen-bond acceptors (Lipinski definition) is 4. The van der Waals surface area contributed by atoms with E-state index in [0.717, 1.165) is 19.4 Å². The fourth-order valence-electron chi connectivity index (χ4n) is 1.29. The Balaban J connectivity index is 2.17. The van der Waals surface area contributed by atoms with E-state index in [2.05, 4.69) is 10.2 Å². The molecule has 1 aliphatic rings. The van der Waals surface area contributed by atoms with Gasteiger partial charge in [-0.25, -0.2) is 0 Å². The second-order valence-electron chi connectivity index (χ2n) is 3.31. The van der Waals surface area contributed by atoms with E-state index in [-0.39, 0.29) is 0 Å². The molecule has 0 unspecified atom stereocenters.